The van der Waals surface area contributed by atoms with Crippen LogP contribution in [0.3, 0.4) is 0 Å². The van der Waals surface area contributed by atoms with Gasteiger partial charge in [0.1, 0.15) is 0 Å². The molecule has 20 heavy (non-hydrogen) atoms. The third-order valence-corrected chi connectivity index (χ3v) is 3.84. The molecular formula is C16H30N2O2. The summed E-state index contributed by atoms with van der Waals surface area (Å²) >= 11 is 0. The maximum atomic E-state index is 12.5. The zero-order valence-corrected chi connectivity index (χ0v) is 13.4. The number of hydrogen-bond donors (Lipinski definition) is 2. The summed E-state index contributed by atoms with van der Waals surface area (Å²) in [6.07, 6.45) is 5.84. The molecule has 1 saturated carbocycles. The largest absolute Gasteiger partial charge is 0.369 e. The zero-order chi connectivity index (χ0) is 15.3. The Hall–Kier alpha value is -1.06. The van der Waals surface area contributed by atoms with Crippen molar-refractivity contribution in [1.29, 1.82) is 0 Å². The average molecular weight is 282 g/mol. The summed E-state index contributed by atoms with van der Waals surface area (Å²) in [7, 11) is 0. The highest BCUT2D eigenvalue weighted by Gasteiger charge is 2.37. The van der Waals surface area contributed by atoms with Crippen molar-refractivity contribution >= 4 is 11.8 Å². The van der Waals surface area contributed by atoms with Crippen LogP contribution >= 0.6 is 0 Å². The van der Waals surface area contributed by atoms with Gasteiger partial charge in [-0.3, -0.25) is 9.59 Å². The molecule has 1 aliphatic rings. The molecule has 0 bridgehead atoms. The van der Waals surface area contributed by atoms with E-state index < -0.39 is 0 Å². The molecule has 0 spiro atoms. The Bertz CT molecular complexity index is 343. The van der Waals surface area contributed by atoms with Crippen LogP contribution in [-0.2, 0) is 9.59 Å². The third-order valence-electron chi connectivity index (χ3n) is 3.84. The quantitative estimate of drug-likeness (QED) is 0.718. The Kier molecular flexibility index (Phi) is 6.03. The van der Waals surface area contributed by atoms with Crippen molar-refractivity contribution in [2.24, 2.45) is 23.5 Å². The van der Waals surface area contributed by atoms with Crippen LogP contribution in [-0.4, -0.2) is 17.4 Å². The summed E-state index contributed by atoms with van der Waals surface area (Å²) < 4.78 is 0. The molecule has 2 amide bonds. The number of hydrogen-bond acceptors (Lipinski definition) is 2. The third kappa shape index (κ3) is 5.93. The molecule has 2 atom stereocenters. The van der Waals surface area contributed by atoms with Gasteiger partial charge in [-0.25, -0.2) is 0 Å². The number of nitrogens with one attached hydrogen (secondary N) is 1. The van der Waals surface area contributed by atoms with Crippen molar-refractivity contribution in [1.82, 2.24) is 5.32 Å². The van der Waals surface area contributed by atoms with Gasteiger partial charge >= 0.3 is 0 Å². The van der Waals surface area contributed by atoms with E-state index in [9.17, 15) is 9.59 Å². The maximum absolute atomic E-state index is 12.5. The average Bonchev–Trinajstić information content (AvgIpc) is 3.09. The molecule has 3 N–H and O–H groups in total. The van der Waals surface area contributed by atoms with Crippen molar-refractivity contribution in [3.63, 3.8) is 0 Å². The molecule has 1 fully saturated rings. The van der Waals surface area contributed by atoms with Crippen LogP contribution in [0.2, 0.25) is 0 Å². The van der Waals surface area contributed by atoms with E-state index in [2.05, 4.69) is 12.2 Å². The van der Waals surface area contributed by atoms with Gasteiger partial charge in [0.25, 0.3) is 0 Å². The van der Waals surface area contributed by atoms with E-state index >= 15 is 0 Å². The van der Waals surface area contributed by atoms with Crippen molar-refractivity contribution in [2.75, 3.05) is 0 Å². The molecule has 0 aromatic carbocycles. The lowest BCUT2D eigenvalue weighted by molar-refractivity contribution is -0.135. The number of primary amides is 1. The predicted octanol–water partition coefficient (Wildman–Crippen LogP) is 2.61. The molecule has 0 saturated heterocycles. The first kappa shape index (κ1) is 17.0. The Morgan fingerprint density at radius 3 is 2.25 bits per heavy atom. The van der Waals surface area contributed by atoms with Gasteiger partial charge in [-0.2, -0.15) is 0 Å². The minimum atomic E-state index is -0.326. The molecule has 0 heterocycles. The van der Waals surface area contributed by atoms with E-state index in [1.165, 1.54) is 12.8 Å². The highest BCUT2D eigenvalue weighted by atomic mass is 16.2. The van der Waals surface area contributed by atoms with Gasteiger partial charge in [-0.05, 0) is 39.5 Å². The van der Waals surface area contributed by atoms with Gasteiger partial charge in [0.2, 0.25) is 11.8 Å². The number of carbonyl (C=O) groups is 2. The van der Waals surface area contributed by atoms with Crippen LogP contribution in [0.25, 0.3) is 0 Å². The van der Waals surface area contributed by atoms with Crippen LogP contribution in [0.15, 0.2) is 0 Å². The summed E-state index contributed by atoms with van der Waals surface area (Å²) in [4.78, 5) is 24.3. The second kappa shape index (κ2) is 7.09. The Balaban J connectivity index is 2.78. The smallest absolute Gasteiger partial charge is 0.224 e. The maximum Gasteiger partial charge on any atom is 0.224 e. The van der Waals surface area contributed by atoms with E-state index in [0.29, 0.717) is 5.92 Å². The van der Waals surface area contributed by atoms with Crippen molar-refractivity contribution < 1.29 is 9.59 Å². The van der Waals surface area contributed by atoms with Gasteiger partial charge in [-0.15, -0.1) is 0 Å². The Labute approximate surface area is 122 Å². The summed E-state index contributed by atoms with van der Waals surface area (Å²) in [5.41, 5.74) is 5.29. The Morgan fingerprint density at radius 1 is 1.25 bits per heavy atom. The Morgan fingerprint density at radius 2 is 1.85 bits per heavy atom. The molecule has 0 aromatic rings. The first-order valence-electron chi connectivity index (χ1n) is 7.86. The lowest BCUT2D eigenvalue weighted by atomic mass is 9.82. The first-order chi connectivity index (χ1) is 9.24. The molecule has 1 unspecified atom stereocenters. The van der Waals surface area contributed by atoms with Crippen LogP contribution in [0, 0.1) is 17.8 Å². The summed E-state index contributed by atoms with van der Waals surface area (Å²) in [6.45, 7) is 7.97. The fourth-order valence-corrected chi connectivity index (χ4v) is 2.59. The molecule has 0 radical (unpaired) electrons. The van der Waals surface area contributed by atoms with E-state index in [-0.39, 0.29) is 29.2 Å². The fraction of sp³-hybridized carbons (Fsp3) is 0.875. The zero-order valence-electron chi connectivity index (χ0n) is 13.4. The second-order valence-corrected chi connectivity index (χ2v) is 7.18. The van der Waals surface area contributed by atoms with E-state index in [0.717, 1.165) is 25.7 Å². The second-order valence-electron chi connectivity index (χ2n) is 7.18. The lowest BCUT2D eigenvalue weighted by Crippen LogP contribution is -2.47. The van der Waals surface area contributed by atoms with Crippen molar-refractivity contribution in [3.05, 3.63) is 0 Å². The molecule has 1 aliphatic carbocycles. The predicted molar refractivity (Wildman–Crippen MR) is 80.9 cm³/mol. The molecule has 1 rings (SSSR count). The number of carbonyl (C=O) groups excluding carboxylic acids is 2. The van der Waals surface area contributed by atoms with Gasteiger partial charge in [-0.1, -0.05) is 32.6 Å². The van der Waals surface area contributed by atoms with Crippen molar-refractivity contribution in [2.45, 2.75) is 71.8 Å². The first-order valence-corrected chi connectivity index (χ1v) is 7.86. The molecule has 0 aliphatic heterocycles. The van der Waals surface area contributed by atoms with Crippen LogP contribution in [0.1, 0.15) is 66.2 Å². The molecule has 0 aromatic heterocycles. The summed E-state index contributed by atoms with van der Waals surface area (Å²) in [5, 5.41) is 3.02. The monoisotopic (exact) mass is 282 g/mol. The number of unbranched alkanes of at least 4 members (excludes halogenated alkanes) is 1. The van der Waals surface area contributed by atoms with E-state index in [4.69, 9.17) is 5.73 Å². The van der Waals surface area contributed by atoms with Gasteiger partial charge in [0, 0.05) is 17.4 Å². The molecule has 116 valence electrons. The number of nitrogens with two attached hydrogens (primary N) is 1. The highest BCUT2D eigenvalue weighted by molar-refractivity contribution is 5.87. The molecule has 4 heteroatoms. The summed E-state index contributed by atoms with van der Waals surface area (Å²) in [5.74, 6) is -0.310. The van der Waals surface area contributed by atoms with Gasteiger partial charge in [0.05, 0.1) is 0 Å². The highest BCUT2D eigenvalue weighted by Crippen LogP contribution is 2.38. The topological polar surface area (TPSA) is 72.2 Å². The van der Waals surface area contributed by atoms with Gasteiger partial charge in [0.15, 0.2) is 0 Å². The minimum absolute atomic E-state index is 0.00990. The minimum Gasteiger partial charge on any atom is -0.369 e. The number of amides is 2. The van der Waals surface area contributed by atoms with E-state index in [1.807, 2.05) is 20.8 Å². The van der Waals surface area contributed by atoms with Crippen LogP contribution < -0.4 is 11.1 Å². The SMILES string of the molecule is CCCCC(C(N)=O)[C@@H](CC1CC1)C(=O)NC(C)(C)C. The lowest BCUT2D eigenvalue weighted by Gasteiger charge is -2.28. The number of rotatable bonds is 8. The van der Waals surface area contributed by atoms with Crippen LogP contribution in [0.5, 0.6) is 0 Å². The normalized spacial score (nSPS) is 18.4. The fourth-order valence-electron chi connectivity index (χ4n) is 2.59. The van der Waals surface area contributed by atoms with Gasteiger partial charge < -0.3 is 11.1 Å². The van der Waals surface area contributed by atoms with Crippen LogP contribution in [0.4, 0.5) is 0 Å². The molecule has 4 nitrogen and oxygen atoms in total. The molecular weight excluding hydrogens is 252 g/mol. The van der Waals surface area contributed by atoms with Crippen molar-refractivity contribution in [3.8, 4) is 0 Å². The summed E-state index contributed by atoms with van der Waals surface area (Å²) in [6, 6.07) is 0. The van der Waals surface area contributed by atoms with E-state index in [1.54, 1.807) is 0 Å². The standard InChI is InChI=1S/C16H30N2O2/c1-5-6-7-12(14(17)19)13(10-11-8-9-11)15(20)18-16(2,3)4/h11-13H,5-10H2,1-4H3,(H2,17,19)(H,18,20)/t12?,13-/m1/s1.